The van der Waals surface area contributed by atoms with Gasteiger partial charge in [0.2, 0.25) is 0 Å². The third-order valence-electron chi connectivity index (χ3n) is 3.34. The molecule has 0 saturated carbocycles. The van der Waals surface area contributed by atoms with Gasteiger partial charge < -0.3 is 5.73 Å². The summed E-state index contributed by atoms with van der Waals surface area (Å²) in [6.45, 7) is 0.363. The van der Waals surface area contributed by atoms with E-state index in [0.29, 0.717) is 18.0 Å². The van der Waals surface area contributed by atoms with Crippen molar-refractivity contribution >= 4 is 5.65 Å². The van der Waals surface area contributed by atoms with Crippen LogP contribution in [0.1, 0.15) is 22.5 Å². The zero-order valence-electron chi connectivity index (χ0n) is 11.5. The molecule has 2 aromatic heterocycles. The predicted molar refractivity (Wildman–Crippen MR) is 75.1 cm³/mol. The number of halogens is 3. The van der Waals surface area contributed by atoms with E-state index in [4.69, 9.17) is 5.73 Å². The van der Waals surface area contributed by atoms with E-state index in [-0.39, 0.29) is 12.0 Å². The van der Waals surface area contributed by atoms with Crippen molar-refractivity contribution in [1.82, 2.24) is 14.6 Å². The van der Waals surface area contributed by atoms with Crippen molar-refractivity contribution in [3.8, 4) is 0 Å². The Morgan fingerprint density at radius 2 is 1.86 bits per heavy atom. The molecule has 0 amide bonds. The lowest BCUT2D eigenvalue weighted by Crippen LogP contribution is -2.09. The van der Waals surface area contributed by atoms with Crippen molar-refractivity contribution in [1.29, 1.82) is 0 Å². The van der Waals surface area contributed by atoms with Crippen LogP contribution < -0.4 is 5.73 Å². The summed E-state index contributed by atoms with van der Waals surface area (Å²) in [5, 5.41) is 4.22. The molecule has 0 saturated heterocycles. The number of fused-ring (bicyclic) bond motifs is 1. The topological polar surface area (TPSA) is 56.2 Å². The van der Waals surface area contributed by atoms with Crippen LogP contribution in [0.4, 0.5) is 13.2 Å². The smallest absolute Gasteiger partial charge is 0.326 e. The summed E-state index contributed by atoms with van der Waals surface area (Å²) in [5.74, 6) is 0.339. The van der Waals surface area contributed by atoms with Crippen LogP contribution in [0.5, 0.6) is 0 Å². The van der Waals surface area contributed by atoms with Crippen LogP contribution in [0.15, 0.2) is 42.6 Å². The normalized spacial score (nSPS) is 12.0. The van der Waals surface area contributed by atoms with Gasteiger partial charge in [-0.3, -0.25) is 0 Å². The Labute approximate surface area is 124 Å². The molecule has 114 valence electrons. The summed E-state index contributed by atoms with van der Waals surface area (Å²) >= 11 is 0. The molecule has 2 N–H and O–H groups in total. The minimum absolute atomic E-state index is 0.0231. The summed E-state index contributed by atoms with van der Waals surface area (Å²) in [6, 6.07) is 9.02. The van der Waals surface area contributed by atoms with Crippen molar-refractivity contribution in [3.63, 3.8) is 0 Å². The van der Waals surface area contributed by atoms with Gasteiger partial charge in [0.15, 0.2) is 11.5 Å². The molecule has 0 radical (unpaired) electrons. The average Bonchev–Trinajstić information content (AvgIpc) is 2.87. The number of rotatable bonds is 3. The van der Waals surface area contributed by atoms with E-state index in [1.165, 1.54) is 16.6 Å². The molecule has 22 heavy (non-hydrogen) atoms. The van der Waals surface area contributed by atoms with Gasteiger partial charge in [-0.15, -0.1) is 0 Å². The van der Waals surface area contributed by atoms with Gasteiger partial charge in [-0.2, -0.15) is 18.3 Å². The van der Waals surface area contributed by atoms with Gasteiger partial charge in [-0.1, -0.05) is 24.3 Å². The minimum atomic E-state index is -4.39. The van der Waals surface area contributed by atoms with Gasteiger partial charge in [0.1, 0.15) is 0 Å². The van der Waals surface area contributed by atoms with Crippen LogP contribution in [0.2, 0.25) is 0 Å². The van der Waals surface area contributed by atoms with E-state index in [9.17, 15) is 13.2 Å². The maximum atomic E-state index is 13.0. The zero-order valence-corrected chi connectivity index (χ0v) is 11.5. The lowest BCUT2D eigenvalue weighted by atomic mass is 10.0. The third kappa shape index (κ3) is 2.80. The number of benzene rings is 1. The standard InChI is InChI=1S/C15H13F3N4/c16-15(17,18)12-4-2-1-3-11(12)7-13-20-14-6-5-10(8-19)9-22(14)21-13/h1-6,9H,7-8,19H2. The molecule has 3 aromatic rings. The molecule has 7 heteroatoms. The number of nitrogens with two attached hydrogens (primary N) is 1. The molecule has 0 fully saturated rings. The molecule has 0 bridgehead atoms. The van der Waals surface area contributed by atoms with Crippen LogP contribution in [0, 0.1) is 0 Å². The monoisotopic (exact) mass is 306 g/mol. The first-order valence-corrected chi connectivity index (χ1v) is 6.67. The molecule has 0 unspecified atom stereocenters. The first-order chi connectivity index (χ1) is 10.5. The predicted octanol–water partition coefficient (Wildman–Crippen LogP) is 2.80. The molecule has 0 aliphatic heterocycles. The number of hydrogen-bond donors (Lipinski definition) is 1. The molecule has 4 nitrogen and oxygen atoms in total. The summed E-state index contributed by atoms with van der Waals surface area (Å²) in [4.78, 5) is 4.25. The molecule has 0 spiro atoms. The van der Waals surface area contributed by atoms with Gasteiger partial charge in [-0.25, -0.2) is 9.50 Å². The fourth-order valence-corrected chi connectivity index (χ4v) is 2.29. The van der Waals surface area contributed by atoms with Crippen molar-refractivity contribution in [2.24, 2.45) is 5.73 Å². The van der Waals surface area contributed by atoms with Crippen LogP contribution >= 0.6 is 0 Å². The zero-order chi connectivity index (χ0) is 15.7. The number of hydrogen-bond acceptors (Lipinski definition) is 3. The van der Waals surface area contributed by atoms with Gasteiger partial charge in [0.25, 0.3) is 0 Å². The van der Waals surface area contributed by atoms with E-state index >= 15 is 0 Å². The average molecular weight is 306 g/mol. The summed E-state index contributed by atoms with van der Waals surface area (Å²) in [6.07, 6.45) is -2.64. The summed E-state index contributed by atoms with van der Waals surface area (Å²) < 4.78 is 40.5. The van der Waals surface area contributed by atoms with Crippen LogP contribution in [0.3, 0.4) is 0 Å². The van der Waals surface area contributed by atoms with Gasteiger partial charge in [-0.05, 0) is 23.3 Å². The van der Waals surface area contributed by atoms with Crippen molar-refractivity contribution in [2.45, 2.75) is 19.1 Å². The molecule has 2 heterocycles. The Kier molecular flexibility index (Phi) is 3.58. The van der Waals surface area contributed by atoms with E-state index in [1.807, 2.05) is 6.07 Å². The fourth-order valence-electron chi connectivity index (χ4n) is 2.29. The van der Waals surface area contributed by atoms with Gasteiger partial charge >= 0.3 is 6.18 Å². The quantitative estimate of drug-likeness (QED) is 0.809. The molecule has 0 aliphatic rings. The lowest BCUT2D eigenvalue weighted by molar-refractivity contribution is -0.138. The minimum Gasteiger partial charge on any atom is -0.326 e. The lowest BCUT2D eigenvalue weighted by Gasteiger charge is -2.11. The van der Waals surface area contributed by atoms with E-state index in [1.54, 1.807) is 18.3 Å². The number of pyridine rings is 1. The first-order valence-electron chi connectivity index (χ1n) is 6.67. The molecule has 0 aliphatic carbocycles. The fraction of sp³-hybridized carbons (Fsp3) is 0.200. The van der Waals surface area contributed by atoms with Crippen molar-refractivity contribution in [3.05, 3.63) is 65.1 Å². The number of aromatic nitrogens is 3. The molecular weight excluding hydrogens is 293 g/mol. The van der Waals surface area contributed by atoms with Crippen molar-refractivity contribution < 1.29 is 13.2 Å². The molecule has 1 aromatic carbocycles. The van der Waals surface area contributed by atoms with Gasteiger partial charge in [0, 0.05) is 19.2 Å². The molecule has 3 rings (SSSR count). The molecule has 0 atom stereocenters. The Morgan fingerprint density at radius 3 is 2.59 bits per heavy atom. The Balaban J connectivity index is 1.97. The second-order valence-electron chi connectivity index (χ2n) is 4.90. The highest BCUT2D eigenvalue weighted by atomic mass is 19.4. The maximum Gasteiger partial charge on any atom is 0.416 e. The maximum absolute atomic E-state index is 13.0. The summed E-state index contributed by atoms with van der Waals surface area (Å²) in [5.41, 5.74) is 6.51. The second-order valence-corrected chi connectivity index (χ2v) is 4.90. The SMILES string of the molecule is NCc1ccc2nc(Cc3ccccc3C(F)(F)F)nn2c1. The van der Waals surface area contributed by atoms with E-state index in [0.717, 1.165) is 11.6 Å². The Bertz CT molecular complexity index is 808. The first kappa shape index (κ1) is 14.5. The van der Waals surface area contributed by atoms with E-state index < -0.39 is 11.7 Å². The number of nitrogens with zero attached hydrogens (tertiary/aromatic N) is 3. The van der Waals surface area contributed by atoms with Gasteiger partial charge in [0.05, 0.1) is 5.56 Å². The second kappa shape index (κ2) is 5.42. The number of alkyl halides is 3. The van der Waals surface area contributed by atoms with Crippen LogP contribution in [-0.2, 0) is 19.1 Å². The van der Waals surface area contributed by atoms with Crippen molar-refractivity contribution in [2.75, 3.05) is 0 Å². The third-order valence-corrected chi connectivity index (χ3v) is 3.34. The van der Waals surface area contributed by atoms with E-state index in [2.05, 4.69) is 10.1 Å². The highest BCUT2D eigenvalue weighted by molar-refractivity contribution is 5.40. The Morgan fingerprint density at radius 1 is 1.09 bits per heavy atom. The Hall–Kier alpha value is -2.41. The van der Waals surface area contributed by atoms with Crippen LogP contribution in [-0.4, -0.2) is 14.6 Å². The summed E-state index contributed by atoms with van der Waals surface area (Å²) in [7, 11) is 0. The molecular formula is C15H13F3N4. The highest BCUT2D eigenvalue weighted by Gasteiger charge is 2.33. The highest BCUT2D eigenvalue weighted by Crippen LogP contribution is 2.32. The van der Waals surface area contributed by atoms with Crippen LogP contribution in [0.25, 0.3) is 5.65 Å². The largest absolute Gasteiger partial charge is 0.416 e.